The summed E-state index contributed by atoms with van der Waals surface area (Å²) in [6.45, 7) is 0.715. The smallest absolute Gasteiger partial charge is 0.231 e. The van der Waals surface area contributed by atoms with Crippen LogP contribution in [0.1, 0.15) is 31.2 Å². The maximum atomic E-state index is 12.2. The van der Waals surface area contributed by atoms with E-state index in [9.17, 15) is 9.59 Å². The molecule has 21 heavy (non-hydrogen) atoms. The van der Waals surface area contributed by atoms with Gasteiger partial charge in [-0.25, -0.2) is 0 Å². The second kappa shape index (κ2) is 4.76. The van der Waals surface area contributed by atoms with Crippen molar-refractivity contribution in [2.24, 2.45) is 5.92 Å². The number of ether oxygens (including phenoxy) is 2. The lowest BCUT2D eigenvalue weighted by atomic mass is 9.84. The van der Waals surface area contributed by atoms with Gasteiger partial charge in [-0.1, -0.05) is 6.07 Å². The Labute approximate surface area is 122 Å². The first-order chi connectivity index (χ1) is 10.2. The van der Waals surface area contributed by atoms with E-state index < -0.39 is 0 Å². The molecule has 0 radical (unpaired) electrons. The SMILES string of the molecule is O=C1CCC[C@H]2CC(=O)N(Cc3ccc4c(c3)OCO4)[C@@H]12. The predicted octanol–water partition coefficient (Wildman–Crippen LogP) is 1.89. The van der Waals surface area contributed by atoms with Gasteiger partial charge in [0, 0.05) is 19.4 Å². The topological polar surface area (TPSA) is 55.8 Å². The van der Waals surface area contributed by atoms with Gasteiger partial charge in [-0.15, -0.1) is 0 Å². The highest BCUT2D eigenvalue weighted by Crippen LogP contribution is 2.37. The minimum atomic E-state index is -0.211. The molecule has 0 bridgehead atoms. The molecule has 1 amide bonds. The molecule has 0 unspecified atom stereocenters. The number of carbonyl (C=O) groups excluding carboxylic acids is 2. The number of likely N-dealkylation sites (tertiary alicyclic amines) is 1. The Morgan fingerprint density at radius 3 is 2.95 bits per heavy atom. The normalized spacial score (nSPS) is 27.1. The summed E-state index contributed by atoms with van der Waals surface area (Å²) in [5, 5.41) is 0. The molecule has 1 aliphatic carbocycles. The Morgan fingerprint density at radius 2 is 2.05 bits per heavy atom. The van der Waals surface area contributed by atoms with Gasteiger partial charge in [0.15, 0.2) is 17.3 Å². The third-order valence-corrected chi connectivity index (χ3v) is 4.66. The number of hydrogen-bond donors (Lipinski definition) is 0. The summed E-state index contributed by atoms with van der Waals surface area (Å²) in [4.78, 5) is 26.2. The van der Waals surface area contributed by atoms with Crippen molar-refractivity contribution in [3.05, 3.63) is 23.8 Å². The van der Waals surface area contributed by atoms with Crippen LogP contribution in [0.4, 0.5) is 0 Å². The molecule has 5 heteroatoms. The third-order valence-electron chi connectivity index (χ3n) is 4.66. The van der Waals surface area contributed by atoms with Crippen molar-refractivity contribution >= 4 is 11.7 Å². The first-order valence-corrected chi connectivity index (χ1v) is 7.43. The van der Waals surface area contributed by atoms with E-state index in [0.717, 1.165) is 24.2 Å². The maximum Gasteiger partial charge on any atom is 0.231 e. The van der Waals surface area contributed by atoms with Gasteiger partial charge in [0.2, 0.25) is 12.7 Å². The number of fused-ring (bicyclic) bond motifs is 2. The molecule has 0 aromatic heterocycles. The first kappa shape index (κ1) is 12.7. The predicted molar refractivity (Wildman–Crippen MR) is 73.9 cm³/mol. The molecule has 2 heterocycles. The van der Waals surface area contributed by atoms with Crippen molar-refractivity contribution in [3.8, 4) is 11.5 Å². The van der Waals surface area contributed by atoms with Crippen LogP contribution in [0, 0.1) is 5.92 Å². The quantitative estimate of drug-likeness (QED) is 0.833. The lowest BCUT2D eigenvalue weighted by molar-refractivity contribution is -0.135. The fourth-order valence-electron chi connectivity index (χ4n) is 3.67. The zero-order chi connectivity index (χ0) is 14.4. The number of amides is 1. The summed E-state index contributed by atoms with van der Waals surface area (Å²) in [6.07, 6.45) is 3.03. The molecule has 1 aromatic carbocycles. The molecule has 0 spiro atoms. The third kappa shape index (κ3) is 2.07. The summed E-state index contributed by atoms with van der Waals surface area (Å²) in [5.74, 6) is 1.98. The Bertz CT molecular complexity index is 612. The second-order valence-electron chi connectivity index (χ2n) is 5.98. The molecule has 3 aliphatic rings. The minimum absolute atomic E-state index is 0.0953. The molecular weight excluding hydrogens is 270 g/mol. The monoisotopic (exact) mass is 287 g/mol. The van der Waals surface area contributed by atoms with Gasteiger partial charge in [-0.05, 0) is 36.5 Å². The molecular formula is C16H17NO4. The van der Waals surface area contributed by atoms with Crippen LogP contribution in [-0.2, 0) is 16.1 Å². The van der Waals surface area contributed by atoms with Crippen molar-refractivity contribution < 1.29 is 19.1 Å². The molecule has 2 atom stereocenters. The average Bonchev–Trinajstić information content (AvgIpc) is 3.04. The summed E-state index contributed by atoms with van der Waals surface area (Å²) in [7, 11) is 0. The fourth-order valence-corrected chi connectivity index (χ4v) is 3.67. The van der Waals surface area contributed by atoms with Crippen LogP contribution < -0.4 is 9.47 Å². The van der Waals surface area contributed by atoms with Gasteiger partial charge in [-0.2, -0.15) is 0 Å². The van der Waals surface area contributed by atoms with Crippen LogP contribution in [-0.4, -0.2) is 29.4 Å². The minimum Gasteiger partial charge on any atom is -0.454 e. The number of Topliss-reactive ketones (excluding diaryl/α,β-unsaturated/α-hetero) is 1. The van der Waals surface area contributed by atoms with E-state index in [1.807, 2.05) is 18.2 Å². The number of ketones is 1. The number of rotatable bonds is 2. The zero-order valence-corrected chi connectivity index (χ0v) is 11.7. The molecule has 0 N–H and O–H groups in total. The van der Waals surface area contributed by atoms with Crippen molar-refractivity contribution in [1.82, 2.24) is 4.90 Å². The molecule has 1 aromatic rings. The van der Waals surface area contributed by atoms with Crippen LogP contribution in [0.25, 0.3) is 0 Å². The molecule has 2 fully saturated rings. The van der Waals surface area contributed by atoms with Crippen molar-refractivity contribution in [1.29, 1.82) is 0 Å². The molecule has 1 saturated carbocycles. The van der Waals surface area contributed by atoms with E-state index in [-0.39, 0.29) is 30.4 Å². The average molecular weight is 287 g/mol. The largest absolute Gasteiger partial charge is 0.454 e. The van der Waals surface area contributed by atoms with Crippen LogP contribution in [0.2, 0.25) is 0 Å². The highest BCUT2D eigenvalue weighted by Gasteiger charge is 2.45. The van der Waals surface area contributed by atoms with E-state index in [0.29, 0.717) is 25.1 Å². The lowest BCUT2D eigenvalue weighted by Crippen LogP contribution is -2.42. The molecule has 5 nitrogen and oxygen atoms in total. The standard InChI is InChI=1S/C16H17NO4/c18-12-3-1-2-11-7-15(19)17(16(11)12)8-10-4-5-13-14(6-10)21-9-20-13/h4-6,11,16H,1-3,7-9H2/t11-,16+/m0/s1. The van der Waals surface area contributed by atoms with Gasteiger partial charge < -0.3 is 14.4 Å². The number of benzene rings is 1. The lowest BCUT2D eigenvalue weighted by Gasteiger charge is -2.30. The van der Waals surface area contributed by atoms with Crippen molar-refractivity contribution in [2.45, 2.75) is 38.3 Å². The Balaban J connectivity index is 1.58. The summed E-state index contributed by atoms with van der Waals surface area (Å²) in [5.41, 5.74) is 0.978. The zero-order valence-electron chi connectivity index (χ0n) is 11.7. The molecule has 2 aliphatic heterocycles. The summed E-state index contributed by atoms with van der Waals surface area (Å²) >= 11 is 0. The van der Waals surface area contributed by atoms with Gasteiger partial charge in [0.1, 0.15) is 0 Å². The number of carbonyl (C=O) groups is 2. The van der Waals surface area contributed by atoms with Crippen LogP contribution in [0.3, 0.4) is 0 Å². The van der Waals surface area contributed by atoms with Crippen molar-refractivity contribution in [2.75, 3.05) is 6.79 Å². The van der Waals surface area contributed by atoms with E-state index in [1.54, 1.807) is 4.90 Å². The van der Waals surface area contributed by atoms with Crippen LogP contribution in [0.15, 0.2) is 18.2 Å². The van der Waals surface area contributed by atoms with Crippen LogP contribution in [0.5, 0.6) is 11.5 Å². The van der Waals surface area contributed by atoms with Gasteiger partial charge >= 0.3 is 0 Å². The van der Waals surface area contributed by atoms with Gasteiger partial charge in [-0.3, -0.25) is 9.59 Å². The molecule has 110 valence electrons. The molecule has 1 saturated heterocycles. The Hall–Kier alpha value is -2.04. The summed E-state index contributed by atoms with van der Waals surface area (Å²) in [6, 6.07) is 5.48. The highest BCUT2D eigenvalue weighted by molar-refractivity contribution is 5.93. The fraction of sp³-hybridized carbons (Fsp3) is 0.500. The summed E-state index contributed by atoms with van der Waals surface area (Å²) < 4.78 is 10.7. The van der Waals surface area contributed by atoms with E-state index in [2.05, 4.69) is 0 Å². The highest BCUT2D eigenvalue weighted by atomic mass is 16.7. The van der Waals surface area contributed by atoms with E-state index in [4.69, 9.17) is 9.47 Å². The number of nitrogens with zero attached hydrogens (tertiary/aromatic N) is 1. The van der Waals surface area contributed by atoms with Gasteiger partial charge in [0.25, 0.3) is 0 Å². The maximum absolute atomic E-state index is 12.2. The Kier molecular flexibility index (Phi) is 2.87. The first-order valence-electron chi connectivity index (χ1n) is 7.43. The number of hydrogen-bond acceptors (Lipinski definition) is 4. The van der Waals surface area contributed by atoms with Crippen molar-refractivity contribution in [3.63, 3.8) is 0 Å². The molecule has 4 rings (SSSR count). The second-order valence-corrected chi connectivity index (χ2v) is 5.98. The van der Waals surface area contributed by atoms with Gasteiger partial charge in [0.05, 0.1) is 6.04 Å². The Morgan fingerprint density at radius 1 is 1.19 bits per heavy atom. The van der Waals surface area contributed by atoms with Crippen LogP contribution >= 0.6 is 0 Å². The van der Waals surface area contributed by atoms with E-state index in [1.165, 1.54) is 0 Å². The van der Waals surface area contributed by atoms with E-state index >= 15 is 0 Å².